The van der Waals surface area contributed by atoms with Gasteiger partial charge in [0.05, 0.1) is 0 Å². The van der Waals surface area contributed by atoms with Crippen LogP contribution in [0.2, 0.25) is 0 Å². The molecule has 0 N–H and O–H groups in total. The van der Waals surface area contributed by atoms with Crippen molar-refractivity contribution in [2.45, 2.75) is 54.4 Å². The predicted molar refractivity (Wildman–Crippen MR) is 83.1 cm³/mol. The van der Waals surface area contributed by atoms with Gasteiger partial charge in [-0.3, -0.25) is 4.79 Å². The summed E-state index contributed by atoms with van der Waals surface area (Å²) < 4.78 is 0. The summed E-state index contributed by atoms with van der Waals surface area (Å²) in [6, 6.07) is 0. The van der Waals surface area contributed by atoms with Crippen molar-refractivity contribution in [1.82, 2.24) is 4.90 Å². The van der Waals surface area contributed by atoms with Crippen LogP contribution in [0.5, 0.6) is 0 Å². The largest absolute Gasteiger partial charge is 0.346 e. The summed E-state index contributed by atoms with van der Waals surface area (Å²) >= 11 is 1.88. The van der Waals surface area contributed by atoms with Gasteiger partial charge in [-0.15, -0.1) is 0 Å². The Labute approximate surface area is 118 Å². The van der Waals surface area contributed by atoms with E-state index in [1.54, 1.807) is 0 Å². The van der Waals surface area contributed by atoms with Crippen molar-refractivity contribution in [3.8, 4) is 0 Å². The van der Waals surface area contributed by atoms with Crippen molar-refractivity contribution >= 4 is 17.7 Å². The van der Waals surface area contributed by atoms with Crippen LogP contribution in [0.15, 0.2) is 0 Å². The molecule has 0 bridgehead atoms. The number of thioether (sulfide) groups is 1. The van der Waals surface area contributed by atoms with E-state index in [1.165, 1.54) is 0 Å². The minimum absolute atomic E-state index is 0.278. The highest BCUT2D eigenvalue weighted by Crippen LogP contribution is 2.21. The van der Waals surface area contributed by atoms with Crippen LogP contribution in [0.1, 0.15) is 54.4 Å². The Bertz CT molecular complexity index is 250. The maximum Gasteiger partial charge on any atom is 0.223 e. The maximum absolute atomic E-state index is 11.9. The highest BCUT2D eigenvalue weighted by atomic mass is 32.2. The van der Waals surface area contributed by atoms with Crippen LogP contribution in [-0.4, -0.2) is 35.9 Å². The fraction of sp³-hybridized carbons (Fsp3) is 0.933. The Kier molecular flexibility index (Phi) is 7.34. The SMILES string of the molecule is CN(CCC(C)(C)C)C(=O)CCSCC(C)(C)C. The van der Waals surface area contributed by atoms with Crippen LogP contribution in [0, 0.1) is 10.8 Å². The standard InChI is InChI=1S/C15H31NOS/c1-14(2,3)9-10-16(7)13(17)8-11-18-12-15(4,5)6/h8-12H2,1-7H3. The van der Waals surface area contributed by atoms with Crippen LogP contribution in [0.25, 0.3) is 0 Å². The third-order valence-electron chi connectivity index (χ3n) is 2.62. The van der Waals surface area contributed by atoms with Crippen molar-refractivity contribution in [2.75, 3.05) is 25.1 Å². The Balaban J connectivity index is 3.75. The maximum atomic E-state index is 11.9. The lowest BCUT2D eigenvalue weighted by Crippen LogP contribution is -2.30. The second-order valence-corrected chi connectivity index (χ2v) is 8.59. The van der Waals surface area contributed by atoms with E-state index in [4.69, 9.17) is 0 Å². The molecule has 3 heteroatoms. The van der Waals surface area contributed by atoms with Crippen molar-refractivity contribution in [3.63, 3.8) is 0 Å². The molecule has 0 aliphatic carbocycles. The average Bonchev–Trinajstić information content (AvgIpc) is 2.18. The first-order valence-corrected chi connectivity index (χ1v) is 7.98. The summed E-state index contributed by atoms with van der Waals surface area (Å²) in [6.45, 7) is 14.2. The molecule has 0 heterocycles. The van der Waals surface area contributed by atoms with Crippen molar-refractivity contribution in [1.29, 1.82) is 0 Å². The first-order chi connectivity index (χ1) is 8.01. The van der Waals surface area contributed by atoms with Crippen molar-refractivity contribution in [2.24, 2.45) is 10.8 Å². The lowest BCUT2D eigenvalue weighted by molar-refractivity contribution is -0.129. The Morgan fingerprint density at radius 1 is 1.06 bits per heavy atom. The van der Waals surface area contributed by atoms with Gasteiger partial charge in [-0.25, -0.2) is 0 Å². The number of amides is 1. The number of hydrogen-bond donors (Lipinski definition) is 0. The molecule has 0 spiro atoms. The molecular formula is C15H31NOS. The lowest BCUT2D eigenvalue weighted by atomic mass is 9.92. The van der Waals surface area contributed by atoms with E-state index >= 15 is 0 Å². The van der Waals surface area contributed by atoms with Gasteiger partial charge in [0, 0.05) is 25.8 Å². The summed E-state index contributed by atoms with van der Waals surface area (Å²) in [5.74, 6) is 2.34. The first-order valence-electron chi connectivity index (χ1n) is 6.83. The first kappa shape index (κ1) is 17.8. The van der Waals surface area contributed by atoms with Gasteiger partial charge in [-0.2, -0.15) is 11.8 Å². The van der Waals surface area contributed by atoms with E-state index in [0.717, 1.165) is 24.5 Å². The Morgan fingerprint density at radius 2 is 1.61 bits per heavy atom. The van der Waals surface area contributed by atoms with Crippen LogP contribution in [-0.2, 0) is 4.79 Å². The van der Waals surface area contributed by atoms with E-state index in [9.17, 15) is 4.79 Å². The van der Waals surface area contributed by atoms with E-state index in [2.05, 4.69) is 41.5 Å². The molecule has 0 saturated carbocycles. The number of rotatable bonds is 6. The van der Waals surface area contributed by atoms with E-state index in [-0.39, 0.29) is 5.91 Å². The number of nitrogens with zero attached hydrogens (tertiary/aromatic N) is 1. The minimum Gasteiger partial charge on any atom is -0.346 e. The van der Waals surface area contributed by atoms with Gasteiger partial charge in [0.2, 0.25) is 5.91 Å². The molecule has 0 aromatic heterocycles. The summed E-state index contributed by atoms with van der Waals surface area (Å²) in [6.07, 6.45) is 1.73. The van der Waals surface area contributed by atoms with Crippen LogP contribution >= 0.6 is 11.8 Å². The van der Waals surface area contributed by atoms with Gasteiger partial charge in [-0.1, -0.05) is 41.5 Å². The Morgan fingerprint density at radius 3 is 2.06 bits per heavy atom. The zero-order valence-corrected chi connectivity index (χ0v) is 14.1. The number of carbonyl (C=O) groups excluding carboxylic acids is 1. The Hall–Kier alpha value is -0.180. The topological polar surface area (TPSA) is 20.3 Å². The summed E-state index contributed by atoms with van der Waals surface area (Å²) in [5.41, 5.74) is 0.654. The molecule has 0 aromatic carbocycles. The molecule has 1 amide bonds. The monoisotopic (exact) mass is 273 g/mol. The molecule has 0 aliphatic heterocycles. The van der Waals surface area contributed by atoms with Gasteiger partial charge in [0.15, 0.2) is 0 Å². The molecular weight excluding hydrogens is 242 g/mol. The predicted octanol–water partition coefficient (Wildman–Crippen LogP) is 4.05. The average molecular weight is 273 g/mol. The second-order valence-electron chi connectivity index (χ2n) is 7.49. The summed E-state index contributed by atoms with van der Waals surface area (Å²) in [4.78, 5) is 13.8. The molecule has 0 radical (unpaired) electrons. The summed E-state index contributed by atoms with van der Waals surface area (Å²) in [7, 11) is 1.92. The second kappa shape index (κ2) is 7.42. The lowest BCUT2D eigenvalue weighted by Gasteiger charge is -2.24. The fourth-order valence-electron chi connectivity index (χ4n) is 1.36. The van der Waals surface area contributed by atoms with E-state index < -0.39 is 0 Å². The molecule has 0 aliphatic rings. The highest BCUT2D eigenvalue weighted by Gasteiger charge is 2.15. The van der Waals surface area contributed by atoms with Crippen LogP contribution < -0.4 is 0 Å². The van der Waals surface area contributed by atoms with Gasteiger partial charge < -0.3 is 4.90 Å². The quantitative estimate of drug-likeness (QED) is 0.680. The molecule has 2 nitrogen and oxygen atoms in total. The molecule has 0 atom stereocenters. The van der Waals surface area contributed by atoms with Crippen LogP contribution in [0.4, 0.5) is 0 Å². The molecule has 108 valence electrons. The van der Waals surface area contributed by atoms with Crippen molar-refractivity contribution < 1.29 is 4.79 Å². The fourth-order valence-corrected chi connectivity index (χ4v) is 2.43. The van der Waals surface area contributed by atoms with Gasteiger partial charge in [0.25, 0.3) is 0 Å². The zero-order valence-electron chi connectivity index (χ0n) is 13.3. The molecule has 0 saturated heterocycles. The highest BCUT2D eigenvalue weighted by molar-refractivity contribution is 7.99. The normalized spacial score (nSPS) is 12.6. The minimum atomic E-state index is 0.278. The van der Waals surface area contributed by atoms with E-state index in [1.807, 2.05) is 23.7 Å². The molecule has 0 fully saturated rings. The molecule has 0 rings (SSSR count). The third-order valence-corrected chi connectivity index (χ3v) is 4.18. The third kappa shape index (κ3) is 10.9. The summed E-state index contributed by atoms with van der Waals surface area (Å²) in [5, 5.41) is 0. The molecule has 18 heavy (non-hydrogen) atoms. The van der Waals surface area contributed by atoms with Gasteiger partial charge in [-0.05, 0) is 23.0 Å². The van der Waals surface area contributed by atoms with E-state index in [0.29, 0.717) is 17.3 Å². The van der Waals surface area contributed by atoms with Crippen molar-refractivity contribution in [3.05, 3.63) is 0 Å². The molecule has 0 aromatic rings. The van der Waals surface area contributed by atoms with Gasteiger partial charge in [0.1, 0.15) is 0 Å². The van der Waals surface area contributed by atoms with Gasteiger partial charge >= 0.3 is 0 Å². The van der Waals surface area contributed by atoms with Crippen LogP contribution in [0.3, 0.4) is 0 Å². The number of hydrogen-bond acceptors (Lipinski definition) is 2. The molecule has 0 unspecified atom stereocenters. The number of carbonyl (C=O) groups is 1. The zero-order chi connectivity index (χ0) is 14.4. The smallest absolute Gasteiger partial charge is 0.223 e.